The summed E-state index contributed by atoms with van der Waals surface area (Å²) in [5.41, 5.74) is 0. The van der Waals surface area contributed by atoms with E-state index in [1.165, 1.54) is 21.0 Å². The zero-order chi connectivity index (χ0) is 13.6. The molecular formula is C11H20N2O4. The summed E-state index contributed by atoms with van der Waals surface area (Å²) < 4.78 is 4.49. The largest absolute Gasteiger partial charge is 0.467 e. The summed E-state index contributed by atoms with van der Waals surface area (Å²) in [5, 5.41) is 5.03. The van der Waals surface area contributed by atoms with Crippen LogP contribution < -0.4 is 10.6 Å². The molecule has 0 rings (SSSR count). The molecule has 6 nitrogen and oxygen atoms in total. The molecule has 0 aromatic heterocycles. The molecule has 0 bridgehead atoms. The average molecular weight is 244 g/mol. The van der Waals surface area contributed by atoms with Gasteiger partial charge >= 0.3 is 5.97 Å². The van der Waals surface area contributed by atoms with Crippen molar-refractivity contribution in [3.05, 3.63) is 0 Å². The maximum Gasteiger partial charge on any atom is 0.328 e. The lowest BCUT2D eigenvalue weighted by Crippen LogP contribution is -2.52. The number of amides is 2. The first-order chi connectivity index (χ1) is 7.79. The summed E-state index contributed by atoms with van der Waals surface area (Å²) in [6, 6.07) is -1.39. The van der Waals surface area contributed by atoms with Gasteiger partial charge in [-0.15, -0.1) is 0 Å². The summed E-state index contributed by atoms with van der Waals surface area (Å²) in [7, 11) is 1.25. The maximum absolute atomic E-state index is 11.8. The summed E-state index contributed by atoms with van der Waals surface area (Å²) in [6.45, 7) is 6.48. The van der Waals surface area contributed by atoms with E-state index in [4.69, 9.17) is 0 Å². The Balaban J connectivity index is 4.53. The van der Waals surface area contributed by atoms with Crippen LogP contribution in [0, 0.1) is 5.92 Å². The van der Waals surface area contributed by atoms with E-state index in [0.717, 1.165) is 0 Å². The van der Waals surface area contributed by atoms with Crippen LogP contribution in [0.4, 0.5) is 0 Å². The van der Waals surface area contributed by atoms with Gasteiger partial charge in [-0.3, -0.25) is 9.59 Å². The highest BCUT2D eigenvalue weighted by Gasteiger charge is 2.26. The van der Waals surface area contributed by atoms with Crippen LogP contribution in [0.2, 0.25) is 0 Å². The van der Waals surface area contributed by atoms with Gasteiger partial charge in [0.15, 0.2) is 0 Å². The first kappa shape index (κ1) is 15.4. The second-order valence-electron chi connectivity index (χ2n) is 4.18. The van der Waals surface area contributed by atoms with E-state index in [0.29, 0.717) is 0 Å². The highest BCUT2D eigenvalue weighted by molar-refractivity contribution is 5.90. The first-order valence-electron chi connectivity index (χ1n) is 5.44. The maximum atomic E-state index is 11.8. The number of nitrogens with one attached hydrogen (secondary N) is 2. The van der Waals surface area contributed by atoms with Gasteiger partial charge in [0.05, 0.1) is 7.11 Å². The van der Waals surface area contributed by atoms with Gasteiger partial charge in [-0.1, -0.05) is 13.8 Å². The van der Waals surface area contributed by atoms with Crippen molar-refractivity contribution in [2.45, 2.75) is 39.8 Å². The van der Waals surface area contributed by atoms with Crippen LogP contribution in [0.1, 0.15) is 27.7 Å². The molecule has 0 saturated carbocycles. The molecule has 0 heterocycles. The fraction of sp³-hybridized carbons (Fsp3) is 0.727. The zero-order valence-corrected chi connectivity index (χ0v) is 10.9. The standard InChI is InChI=1S/C11H20N2O4/c1-6(2)9(13-8(4)14)10(15)12-7(3)11(16)17-5/h6-7,9H,1-5H3,(H,12,15)(H,13,14)/t7-,9+/m0/s1. The lowest BCUT2D eigenvalue weighted by Gasteiger charge is -2.22. The van der Waals surface area contributed by atoms with E-state index in [-0.39, 0.29) is 11.8 Å². The van der Waals surface area contributed by atoms with E-state index in [9.17, 15) is 14.4 Å². The Morgan fingerprint density at radius 1 is 1.06 bits per heavy atom. The smallest absolute Gasteiger partial charge is 0.328 e. The van der Waals surface area contributed by atoms with Gasteiger partial charge in [0.1, 0.15) is 12.1 Å². The fourth-order valence-electron chi connectivity index (χ4n) is 1.29. The molecule has 2 atom stereocenters. The summed E-state index contributed by atoms with van der Waals surface area (Å²) in [4.78, 5) is 33.9. The van der Waals surface area contributed by atoms with E-state index in [1.807, 2.05) is 13.8 Å². The number of hydrogen-bond donors (Lipinski definition) is 2. The molecule has 0 saturated heterocycles. The molecule has 0 aliphatic rings. The van der Waals surface area contributed by atoms with Crippen LogP contribution in [-0.2, 0) is 19.1 Å². The molecule has 6 heteroatoms. The first-order valence-corrected chi connectivity index (χ1v) is 5.44. The summed E-state index contributed by atoms with van der Waals surface area (Å²) in [5.74, 6) is -1.27. The lowest BCUT2D eigenvalue weighted by atomic mass is 10.0. The van der Waals surface area contributed by atoms with Gasteiger partial charge in [-0.05, 0) is 12.8 Å². The molecule has 0 aliphatic heterocycles. The average Bonchev–Trinajstić information content (AvgIpc) is 2.23. The lowest BCUT2D eigenvalue weighted by molar-refractivity contribution is -0.145. The van der Waals surface area contributed by atoms with E-state index in [2.05, 4.69) is 15.4 Å². The molecular weight excluding hydrogens is 224 g/mol. The highest BCUT2D eigenvalue weighted by Crippen LogP contribution is 2.02. The quantitative estimate of drug-likeness (QED) is 0.657. The second-order valence-corrected chi connectivity index (χ2v) is 4.18. The predicted molar refractivity (Wildman–Crippen MR) is 62.1 cm³/mol. The molecule has 0 aliphatic carbocycles. The van der Waals surface area contributed by atoms with Gasteiger partial charge in [-0.2, -0.15) is 0 Å². The summed E-state index contributed by atoms with van der Waals surface area (Å²) >= 11 is 0. The number of rotatable bonds is 5. The fourth-order valence-corrected chi connectivity index (χ4v) is 1.29. The molecule has 0 aromatic carbocycles. The van der Waals surface area contributed by atoms with Crippen molar-refractivity contribution in [2.24, 2.45) is 5.92 Å². The van der Waals surface area contributed by atoms with Crippen molar-refractivity contribution in [3.8, 4) is 0 Å². The molecule has 0 unspecified atom stereocenters. The third-order valence-corrected chi connectivity index (χ3v) is 2.22. The minimum atomic E-state index is -0.734. The third-order valence-electron chi connectivity index (χ3n) is 2.22. The van der Waals surface area contributed by atoms with E-state index < -0.39 is 24.0 Å². The number of hydrogen-bond acceptors (Lipinski definition) is 4. The topological polar surface area (TPSA) is 84.5 Å². The number of esters is 1. The van der Waals surface area contributed by atoms with Gasteiger partial charge in [-0.25, -0.2) is 4.79 Å². The van der Waals surface area contributed by atoms with E-state index in [1.54, 1.807) is 0 Å². The molecule has 0 fully saturated rings. The Labute approximate surface area is 101 Å². The molecule has 0 radical (unpaired) electrons. The van der Waals surface area contributed by atoms with Crippen molar-refractivity contribution >= 4 is 17.8 Å². The Morgan fingerprint density at radius 3 is 1.94 bits per heavy atom. The van der Waals surface area contributed by atoms with Gasteiger partial charge in [0, 0.05) is 6.92 Å². The minimum absolute atomic E-state index is 0.0660. The Kier molecular flexibility index (Phi) is 6.23. The van der Waals surface area contributed by atoms with Crippen molar-refractivity contribution in [3.63, 3.8) is 0 Å². The molecule has 0 spiro atoms. The van der Waals surface area contributed by atoms with Crippen LogP contribution >= 0.6 is 0 Å². The number of carbonyl (C=O) groups excluding carboxylic acids is 3. The van der Waals surface area contributed by atoms with Crippen LogP contribution in [0.5, 0.6) is 0 Å². The summed E-state index contributed by atoms with van der Waals surface area (Å²) in [6.07, 6.45) is 0. The van der Waals surface area contributed by atoms with Crippen molar-refractivity contribution in [1.82, 2.24) is 10.6 Å². The van der Waals surface area contributed by atoms with Crippen LogP contribution in [0.25, 0.3) is 0 Å². The number of ether oxygens (including phenoxy) is 1. The Bertz CT molecular complexity index is 302. The van der Waals surface area contributed by atoms with Gasteiger partial charge < -0.3 is 15.4 Å². The normalized spacial score (nSPS) is 13.8. The molecule has 2 amide bonds. The van der Waals surface area contributed by atoms with Crippen LogP contribution in [0.15, 0.2) is 0 Å². The highest BCUT2D eigenvalue weighted by atomic mass is 16.5. The minimum Gasteiger partial charge on any atom is -0.467 e. The second kappa shape index (κ2) is 6.88. The van der Waals surface area contributed by atoms with Gasteiger partial charge in [0.2, 0.25) is 11.8 Å². The molecule has 2 N–H and O–H groups in total. The molecule has 98 valence electrons. The molecule has 0 aromatic rings. The Morgan fingerprint density at radius 2 is 1.59 bits per heavy atom. The van der Waals surface area contributed by atoms with Crippen molar-refractivity contribution < 1.29 is 19.1 Å². The predicted octanol–water partition coefficient (Wildman–Crippen LogP) is -0.175. The monoisotopic (exact) mass is 244 g/mol. The van der Waals surface area contributed by atoms with E-state index >= 15 is 0 Å². The van der Waals surface area contributed by atoms with Crippen LogP contribution in [0.3, 0.4) is 0 Å². The number of methoxy groups -OCH3 is 1. The van der Waals surface area contributed by atoms with Gasteiger partial charge in [0.25, 0.3) is 0 Å². The van der Waals surface area contributed by atoms with Crippen molar-refractivity contribution in [1.29, 1.82) is 0 Å². The zero-order valence-electron chi connectivity index (χ0n) is 10.9. The van der Waals surface area contributed by atoms with Crippen LogP contribution in [-0.4, -0.2) is 37.0 Å². The third kappa shape index (κ3) is 5.33. The SMILES string of the molecule is COC(=O)[C@H](C)NC(=O)[C@H](NC(C)=O)C(C)C. The number of carbonyl (C=O) groups is 3. The van der Waals surface area contributed by atoms with Crippen molar-refractivity contribution in [2.75, 3.05) is 7.11 Å². The molecule has 17 heavy (non-hydrogen) atoms. The Hall–Kier alpha value is -1.59.